The highest BCUT2D eigenvalue weighted by molar-refractivity contribution is 6.30. The third-order valence-electron chi connectivity index (χ3n) is 3.71. The van der Waals surface area contributed by atoms with Gasteiger partial charge in [-0.05, 0) is 36.6 Å². The number of rotatable bonds is 3. The molecule has 0 bridgehead atoms. The molecule has 1 N–H and O–H groups in total. The number of hydrogen-bond donors (Lipinski definition) is 1. The van der Waals surface area contributed by atoms with E-state index in [1.807, 2.05) is 24.3 Å². The monoisotopic (exact) mass is 288 g/mol. The molecule has 2 atom stereocenters. The van der Waals surface area contributed by atoms with Crippen LogP contribution < -0.4 is 4.74 Å². The van der Waals surface area contributed by atoms with Crippen molar-refractivity contribution in [1.29, 1.82) is 0 Å². The van der Waals surface area contributed by atoms with E-state index in [-0.39, 0.29) is 6.10 Å². The van der Waals surface area contributed by atoms with Gasteiger partial charge in [0.05, 0.1) is 6.10 Å². The molecule has 2 nitrogen and oxygen atoms in total. The van der Waals surface area contributed by atoms with E-state index in [1.165, 1.54) is 5.56 Å². The third-order valence-corrected chi connectivity index (χ3v) is 3.94. The van der Waals surface area contributed by atoms with E-state index < -0.39 is 6.10 Å². The standard InChI is InChI=1S/C17H17ClO2/c18-13-7-9-17-15(10-13)16(19)11-14(20-17)8-6-12-4-2-1-3-5-12/h1-5,7,9-10,14,16,19H,6,8,11H2. The van der Waals surface area contributed by atoms with Crippen LogP contribution in [0.5, 0.6) is 5.75 Å². The Labute approximate surface area is 124 Å². The van der Waals surface area contributed by atoms with Gasteiger partial charge in [0.25, 0.3) is 0 Å². The Hall–Kier alpha value is -1.51. The predicted octanol–water partition coefficient (Wildman–Crippen LogP) is 4.16. The highest BCUT2D eigenvalue weighted by atomic mass is 35.5. The van der Waals surface area contributed by atoms with Gasteiger partial charge >= 0.3 is 0 Å². The molecule has 1 aliphatic heterocycles. The molecule has 2 aromatic rings. The Bertz CT molecular complexity index is 583. The average Bonchev–Trinajstić information content (AvgIpc) is 2.47. The lowest BCUT2D eigenvalue weighted by Gasteiger charge is -2.29. The SMILES string of the molecule is OC1CC(CCc2ccccc2)Oc2ccc(Cl)cc21. The summed E-state index contributed by atoms with van der Waals surface area (Å²) >= 11 is 5.95. The number of fused-ring (bicyclic) bond motifs is 1. The molecule has 0 radical (unpaired) electrons. The summed E-state index contributed by atoms with van der Waals surface area (Å²) in [5.74, 6) is 0.756. The highest BCUT2D eigenvalue weighted by Gasteiger charge is 2.26. The summed E-state index contributed by atoms with van der Waals surface area (Å²) < 4.78 is 5.96. The molecule has 0 aliphatic carbocycles. The molecule has 1 aliphatic rings. The molecule has 0 spiro atoms. The zero-order valence-corrected chi connectivity index (χ0v) is 11.9. The first-order valence-corrected chi connectivity index (χ1v) is 7.28. The minimum atomic E-state index is -0.488. The summed E-state index contributed by atoms with van der Waals surface area (Å²) in [6, 6.07) is 15.8. The van der Waals surface area contributed by atoms with Crippen LogP contribution in [0.1, 0.15) is 30.1 Å². The molecule has 0 saturated heterocycles. The zero-order valence-electron chi connectivity index (χ0n) is 11.1. The molecule has 0 amide bonds. The number of halogens is 1. The number of benzene rings is 2. The van der Waals surface area contributed by atoms with Crippen LogP contribution >= 0.6 is 11.6 Å². The molecular weight excluding hydrogens is 272 g/mol. The fourth-order valence-electron chi connectivity index (χ4n) is 2.64. The van der Waals surface area contributed by atoms with Crippen LogP contribution in [-0.2, 0) is 6.42 Å². The first kappa shape index (κ1) is 13.5. The van der Waals surface area contributed by atoms with E-state index in [9.17, 15) is 5.11 Å². The lowest BCUT2D eigenvalue weighted by Crippen LogP contribution is -2.26. The zero-order chi connectivity index (χ0) is 13.9. The maximum Gasteiger partial charge on any atom is 0.125 e. The molecule has 0 saturated carbocycles. The first-order chi connectivity index (χ1) is 9.72. The van der Waals surface area contributed by atoms with E-state index in [0.29, 0.717) is 11.4 Å². The van der Waals surface area contributed by atoms with E-state index in [0.717, 1.165) is 24.2 Å². The fourth-order valence-corrected chi connectivity index (χ4v) is 2.82. The number of aliphatic hydroxyl groups excluding tert-OH is 1. The Kier molecular flexibility index (Phi) is 3.95. The second-order valence-corrected chi connectivity index (χ2v) is 5.63. The molecule has 0 fully saturated rings. The minimum Gasteiger partial charge on any atom is -0.490 e. The van der Waals surface area contributed by atoms with Crippen LogP contribution in [0.25, 0.3) is 0 Å². The van der Waals surface area contributed by atoms with Gasteiger partial charge in [0.15, 0.2) is 0 Å². The second-order valence-electron chi connectivity index (χ2n) is 5.20. The number of aliphatic hydroxyl groups is 1. The second kappa shape index (κ2) is 5.86. The van der Waals surface area contributed by atoms with Crippen molar-refractivity contribution in [2.24, 2.45) is 0 Å². The van der Waals surface area contributed by atoms with E-state index in [1.54, 1.807) is 12.1 Å². The largest absolute Gasteiger partial charge is 0.490 e. The van der Waals surface area contributed by atoms with Crippen molar-refractivity contribution in [3.8, 4) is 5.75 Å². The van der Waals surface area contributed by atoms with Gasteiger partial charge in [-0.2, -0.15) is 0 Å². The lowest BCUT2D eigenvalue weighted by molar-refractivity contribution is 0.0620. The highest BCUT2D eigenvalue weighted by Crippen LogP contribution is 2.37. The van der Waals surface area contributed by atoms with E-state index >= 15 is 0 Å². The van der Waals surface area contributed by atoms with Gasteiger partial charge in [0, 0.05) is 17.0 Å². The van der Waals surface area contributed by atoms with Crippen molar-refractivity contribution in [2.45, 2.75) is 31.5 Å². The molecule has 2 aromatic carbocycles. The normalized spacial score (nSPS) is 21.1. The Morgan fingerprint density at radius 3 is 2.75 bits per heavy atom. The third kappa shape index (κ3) is 2.97. The number of ether oxygens (including phenoxy) is 1. The van der Waals surface area contributed by atoms with Crippen molar-refractivity contribution < 1.29 is 9.84 Å². The van der Waals surface area contributed by atoms with Gasteiger partial charge in [-0.3, -0.25) is 0 Å². The topological polar surface area (TPSA) is 29.5 Å². The molecule has 3 heteroatoms. The van der Waals surface area contributed by atoms with Crippen molar-refractivity contribution in [3.05, 3.63) is 64.7 Å². The van der Waals surface area contributed by atoms with Crippen molar-refractivity contribution in [1.82, 2.24) is 0 Å². The molecule has 20 heavy (non-hydrogen) atoms. The van der Waals surface area contributed by atoms with E-state index in [2.05, 4.69) is 12.1 Å². The average molecular weight is 289 g/mol. The number of hydrogen-bond acceptors (Lipinski definition) is 2. The maximum atomic E-state index is 10.2. The van der Waals surface area contributed by atoms with Gasteiger partial charge in [-0.15, -0.1) is 0 Å². The first-order valence-electron chi connectivity index (χ1n) is 6.90. The maximum absolute atomic E-state index is 10.2. The molecule has 2 unspecified atom stereocenters. The smallest absolute Gasteiger partial charge is 0.125 e. The summed E-state index contributed by atoms with van der Waals surface area (Å²) in [6.45, 7) is 0. The van der Waals surface area contributed by atoms with Crippen LogP contribution in [0.4, 0.5) is 0 Å². The van der Waals surface area contributed by atoms with Gasteiger partial charge in [0.1, 0.15) is 11.9 Å². The summed E-state index contributed by atoms with van der Waals surface area (Å²) in [5.41, 5.74) is 2.10. The Morgan fingerprint density at radius 2 is 1.95 bits per heavy atom. The molecule has 1 heterocycles. The Morgan fingerprint density at radius 1 is 1.15 bits per heavy atom. The Balaban J connectivity index is 1.67. The van der Waals surface area contributed by atoms with Crippen LogP contribution in [0, 0.1) is 0 Å². The van der Waals surface area contributed by atoms with Crippen molar-refractivity contribution in [3.63, 3.8) is 0 Å². The van der Waals surface area contributed by atoms with Gasteiger partial charge in [-0.25, -0.2) is 0 Å². The van der Waals surface area contributed by atoms with Gasteiger partial charge in [-0.1, -0.05) is 41.9 Å². The van der Waals surface area contributed by atoms with Crippen molar-refractivity contribution >= 4 is 11.6 Å². The van der Waals surface area contributed by atoms with Crippen LogP contribution in [-0.4, -0.2) is 11.2 Å². The van der Waals surface area contributed by atoms with E-state index in [4.69, 9.17) is 16.3 Å². The summed E-state index contributed by atoms with van der Waals surface area (Å²) in [7, 11) is 0. The van der Waals surface area contributed by atoms with Crippen molar-refractivity contribution in [2.75, 3.05) is 0 Å². The fraction of sp³-hybridized carbons (Fsp3) is 0.294. The van der Waals surface area contributed by atoms with Crippen LogP contribution in [0.3, 0.4) is 0 Å². The molecular formula is C17H17ClO2. The van der Waals surface area contributed by atoms with Gasteiger partial charge in [0.2, 0.25) is 0 Å². The van der Waals surface area contributed by atoms with Crippen LogP contribution in [0.15, 0.2) is 48.5 Å². The summed E-state index contributed by atoms with van der Waals surface area (Å²) in [6.07, 6.45) is 2.06. The summed E-state index contributed by atoms with van der Waals surface area (Å²) in [4.78, 5) is 0. The lowest BCUT2D eigenvalue weighted by atomic mass is 9.95. The quantitative estimate of drug-likeness (QED) is 0.919. The minimum absolute atomic E-state index is 0.0545. The molecule has 3 rings (SSSR count). The van der Waals surface area contributed by atoms with Crippen LogP contribution in [0.2, 0.25) is 5.02 Å². The van der Waals surface area contributed by atoms with Gasteiger partial charge < -0.3 is 9.84 Å². The summed E-state index contributed by atoms with van der Waals surface area (Å²) in [5, 5.41) is 10.8. The molecule has 0 aromatic heterocycles. The predicted molar refractivity (Wildman–Crippen MR) is 80.2 cm³/mol. The molecule has 104 valence electrons. The number of aryl methyl sites for hydroxylation is 1.